The maximum Gasteiger partial charge on any atom is 0.322 e. The van der Waals surface area contributed by atoms with Crippen LogP contribution in [-0.2, 0) is 0 Å². The van der Waals surface area contributed by atoms with Crippen molar-refractivity contribution in [3.05, 3.63) is 0 Å². The molecule has 0 atom stereocenters. The lowest BCUT2D eigenvalue weighted by Gasteiger charge is -2.13. The van der Waals surface area contributed by atoms with E-state index in [-0.39, 0.29) is 18.0 Å². The fourth-order valence-electron chi connectivity index (χ4n) is 1.60. The highest BCUT2D eigenvalue weighted by atomic mass is 16.5. The quantitative estimate of drug-likeness (QED) is 0.651. The van der Waals surface area contributed by atoms with E-state index in [0.29, 0.717) is 18.4 Å². The zero-order valence-electron chi connectivity index (χ0n) is 10.7. The molecule has 0 saturated heterocycles. The first kappa shape index (κ1) is 12.8. The minimum Gasteiger partial charge on any atom is -0.467 e. The van der Waals surface area contributed by atoms with Crippen LogP contribution in [0, 0.1) is 5.41 Å². The Hall–Kier alpha value is -1.63. The number of hydrogen-bond donors (Lipinski definition) is 3. The molecule has 1 aliphatic rings. The molecule has 1 aromatic rings. The van der Waals surface area contributed by atoms with E-state index < -0.39 is 0 Å². The van der Waals surface area contributed by atoms with Crippen LogP contribution in [0.25, 0.3) is 0 Å². The zero-order valence-corrected chi connectivity index (χ0v) is 10.7. The van der Waals surface area contributed by atoms with Crippen LogP contribution in [0.3, 0.4) is 0 Å². The first-order chi connectivity index (χ1) is 8.71. The molecule has 18 heavy (non-hydrogen) atoms. The number of anilines is 2. The van der Waals surface area contributed by atoms with Crippen molar-refractivity contribution in [2.24, 2.45) is 5.41 Å². The summed E-state index contributed by atoms with van der Waals surface area (Å²) in [6, 6.07) is 0.275. The number of methoxy groups -OCH3 is 1. The van der Waals surface area contributed by atoms with Gasteiger partial charge in [0.2, 0.25) is 11.9 Å². The standard InChI is InChI=1S/C11H19N5O2/c1-3-12-8-14-9(16-10(15-8)18-2)13-6-11(7-17)4-5-11/h17H,3-7H2,1-2H3,(H2,12,13,14,15,16). The SMILES string of the molecule is CCNc1nc(NCC2(CO)CC2)nc(OC)n1. The Bertz CT molecular complexity index is 408. The molecular weight excluding hydrogens is 234 g/mol. The van der Waals surface area contributed by atoms with Crippen molar-refractivity contribution >= 4 is 11.9 Å². The number of nitrogens with one attached hydrogen (secondary N) is 2. The molecule has 0 aliphatic heterocycles. The van der Waals surface area contributed by atoms with Gasteiger partial charge in [-0.1, -0.05) is 0 Å². The predicted molar refractivity (Wildman–Crippen MR) is 67.8 cm³/mol. The summed E-state index contributed by atoms with van der Waals surface area (Å²) in [5, 5.41) is 15.4. The number of hydrogen-bond acceptors (Lipinski definition) is 7. The van der Waals surface area contributed by atoms with E-state index in [1.165, 1.54) is 7.11 Å². The van der Waals surface area contributed by atoms with Crippen molar-refractivity contribution < 1.29 is 9.84 Å². The predicted octanol–water partition coefficient (Wildman–Crippen LogP) is 0.496. The topological polar surface area (TPSA) is 92.2 Å². The number of ether oxygens (including phenoxy) is 1. The van der Waals surface area contributed by atoms with Gasteiger partial charge in [0.1, 0.15) is 0 Å². The highest BCUT2D eigenvalue weighted by Crippen LogP contribution is 2.44. The Morgan fingerprint density at radius 2 is 1.89 bits per heavy atom. The molecule has 2 rings (SSSR count). The summed E-state index contributed by atoms with van der Waals surface area (Å²) in [5.41, 5.74) is 0.0121. The van der Waals surface area contributed by atoms with Gasteiger partial charge in [0.05, 0.1) is 13.7 Å². The van der Waals surface area contributed by atoms with Crippen molar-refractivity contribution in [2.45, 2.75) is 19.8 Å². The summed E-state index contributed by atoms with van der Waals surface area (Å²) in [4.78, 5) is 12.4. The van der Waals surface area contributed by atoms with Crippen molar-refractivity contribution in [1.29, 1.82) is 0 Å². The third-order valence-corrected chi connectivity index (χ3v) is 3.05. The van der Waals surface area contributed by atoms with Crippen LogP contribution < -0.4 is 15.4 Å². The maximum absolute atomic E-state index is 9.24. The van der Waals surface area contributed by atoms with Gasteiger partial charge in [0.25, 0.3) is 0 Å². The molecule has 1 aromatic heterocycles. The van der Waals surface area contributed by atoms with Crippen LogP contribution in [0.4, 0.5) is 11.9 Å². The molecule has 0 spiro atoms. The van der Waals surface area contributed by atoms with Gasteiger partial charge in [-0.25, -0.2) is 0 Å². The molecule has 0 radical (unpaired) electrons. The van der Waals surface area contributed by atoms with Crippen LogP contribution in [0.1, 0.15) is 19.8 Å². The van der Waals surface area contributed by atoms with E-state index in [2.05, 4.69) is 25.6 Å². The summed E-state index contributed by atoms with van der Waals surface area (Å²) in [6.07, 6.45) is 2.08. The lowest BCUT2D eigenvalue weighted by atomic mass is 10.1. The van der Waals surface area contributed by atoms with E-state index in [9.17, 15) is 5.11 Å². The molecule has 0 bridgehead atoms. The van der Waals surface area contributed by atoms with E-state index in [4.69, 9.17) is 4.74 Å². The van der Waals surface area contributed by atoms with Gasteiger partial charge in [0, 0.05) is 18.5 Å². The van der Waals surface area contributed by atoms with Crippen molar-refractivity contribution in [1.82, 2.24) is 15.0 Å². The summed E-state index contributed by atoms with van der Waals surface area (Å²) < 4.78 is 5.02. The van der Waals surface area contributed by atoms with Crippen molar-refractivity contribution in [2.75, 3.05) is 37.4 Å². The largest absolute Gasteiger partial charge is 0.467 e. The molecule has 7 heteroatoms. The van der Waals surface area contributed by atoms with Crippen molar-refractivity contribution in [3.63, 3.8) is 0 Å². The van der Waals surface area contributed by atoms with Crippen LogP contribution in [-0.4, -0.2) is 46.9 Å². The highest BCUT2D eigenvalue weighted by molar-refractivity contribution is 5.36. The number of rotatable bonds is 7. The minimum atomic E-state index is 0.0121. The molecule has 3 N–H and O–H groups in total. The molecule has 1 aliphatic carbocycles. The molecule has 0 amide bonds. The van der Waals surface area contributed by atoms with Crippen LogP contribution in [0.5, 0.6) is 6.01 Å². The molecule has 1 saturated carbocycles. The van der Waals surface area contributed by atoms with Crippen LogP contribution in [0.15, 0.2) is 0 Å². The Labute approximate surface area is 106 Å². The lowest BCUT2D eigenvalue weighted by molar-refractivity contribution is 0.219. The number of aromatic nitrogens is 3. The first-order valence-corrected chi connectivity index (χ1v) is 6.10. The van der Waals surface area contributed by atoms with Gasteiger partial charge in [-0.2, -0.15) is 15.0 Å². The fraction of sp³-hybridized carbons (Fsp3) is 0.727. The second kappa shape index (κ2) is 5.34. The normalized spacial score (nSPS) is 16.2. The van der Waals surface area contributed by atoms with Crippen LogP contribution in [0.2, 0.25) is 0 Å². The average molecular weight is 253 g/mol. The Morgan fingerprint density at radius 1 is 1.22 bits per heavy atom. The van der Waals surface area contributed by atoms with Gasteiger partial charge in [0.15, 0.2) is 0 Å². The van der Waals surface area contributed by atoms with E-state index >= 15 is 0 Å². The van der Waals surface area contributed by atoms with Crippen molar-refractivity contribution in [3.8, 4) is 6.01 Å². The molecule has 7 nitrogen and oxygen atoms in total. The highest BCUT2D eigenvalue weighted by Gasteiger charge is 2.41. The summed E-state index contributed by atoms with van der Waals surface area (Å²) in [5.74, 6) is 0.957. The first-order valence-electron chi connectivity index (χ1n) is 6.10. The Kier molecular flexibility index (Phi) is 3.81. The third kappa shape index (κ3) is 2.98. The molecular formula is C11H19N5O2. The summed E-state index contributed by atoms with van der Waals surface area (Å²) in [6.45, 7) is 3.56. The zero-order chi connectivity index (χ0) is 13.0. The minimum absolute atomic E-state index is 0.0121. The Balaban J connectivity index is 2.04. The second-order valence-electron chi connectivity index (χ2n) is 4.51. The fourth-order valence-corrected chi connectivity index (χ4v) is 1.60. The number of aliphatic hydroxyl groups is 1. The monoisotopic (exact) mass is 253 g/mol. The van der Waals surface area contributed by atoms with E-state index in [1.807, 2.05) is 6.92 Å². The number of aliphatic hydroxyl groups excluding tert-OH is 1. The molecule has 0 unspecified atom stereocenters. The van der Waals surface area contributed by atoms with E-state index in [0.717, 1.165) is 19.4 Å². The molecule has 100 valence electrons. The Morgan fingerprint density at radius 3 is 2.39 bits per heavy atom. The van der Waals surface area contributed by atoms with Gasteiger partial charge >= 0.3 is 6.01 Å². The average Bonchev–Trinajstić information content (AvgIpc) is 3.17. The molecule has 1 fully saturated rings. The van der Waals surface area contributed by atoms with Crippen LogP contribution >= 0.6 is 0 Å². The number of nitrogens with zero attached hydrogens (tertiary/aromatic N) is 3. The third-order valence-electron chi connectivity index (χ3n) is 3.05. The van der Waals surface area contributed by atoms with Gasteiger partial charge in [-0.05, 0) is 19.8 Å². The molecule has 0 aromatic carbocycles. The van der Waals surface area contributed by atoms with Gasteiger partial charge in [-0.15, -0.1) is 0 Å². The van der Waals surface area contributed by atoms with Gasteiger partial charge in [-0.3, -0.25) is 0 Å². The summed E-state index contributed by atoms with van der Waals surface area (Å²) >= 11 is 0. The smallest absolute Gasteiger partial charge is 0.322 e. The lowest BCUT2D eigenvalue weighted by Crippen LogP contribution is -2.20. The molecule has 1 heterocycles. The maximum atomic E-state index is 9.24. The van der Waals surface area contributed by atoms with E-state index in [1.54, 1.807) is 0 Å². The second-order valence-corrected chi connectivity index (χ2v) is 4.51. The summed E-state index contributed by atoms with van der Waals surface area (Å²) in [7, 11) is 1.52. The van der Waals surface area contributed by atoms with Gasteiger partial charge < -0.3 is 20.5 Å².